The van der Waals surface area contributed by atoms with E-state index < -0.39 is 0 Å². The van der Waals surface area contributed by atoms with E-state index in [-0.39, 0.29) is 0 Å². The fraction of sp³-hybridized carbons (Fsp3) is 0.312. The molecule has 0 radical (unpaired) electrons. The average molecular weight is 299 g/mol. The predicted molar refractivity (Wildman–Crippen MR) is 86.5 cm³/mol. The highest BCUT2D eigenvalue weighted by molar-refractivity contribution is 5.79. The minimum atomic E-state index is 0.618. The van der Waals surface area contributed by atoms with Gasteiger partial charge in [0.15, 0.2) is 11.8 Å². The SMILES string of the molecule is C=CCNC(=NCc1ccccc1)NCCc1nc(C)no1. The van der Waals surface area contributed by atoms with E-state index in [0.29, 0.717) is 37.8 Å². The van der Waals surface area contributed by atoms with Crippen LogP contribution in [0.25, 0.3) is 0 Å². The molecule has 0 aliphatic heterocycles. The third kappa shape index (κ3) is 5.40. The molecule has 1 heterocycles. The lowest BCUT2D eigenvalue weighted by Crippen LogP contribution is -2.38. The highest BCUT2D eigenvalue weighted by Gasteiger charge is 2.03. The van der Waals surface area contributed by atoms with Crippen LogP contribution in [0.3, 0.4) is 0 Å². The van der Waals surface area contributed by atoms with E-state index in [9.17, 15) is 0 Å². The molecule has 0 fully saturated rings. The van der Waals surface area contributed by atoms with Gasteiger partial charge in [-0.15, -0.1) is 6.58 Å². The number of aliphatic imine (C=N–C) groups is 1. The maximum atomic E-state index is 5.08. The Morgan fingerprint density at radius 2 is 2.14 bits per heavy atom. The summed E-state index contributed by atoms with van der Waals surface area (Å²) in [7, 11) is 0. The van der Waals surface area contributed by atoms with Crippen molar-refractivity contribution in [1.82, 2.24) is 20.8 Å². The van der Waals surface area contributed by atoms with Gasteiger partial charge in [0, 0.05) is 19.5 Å². The molecule has 0 bridgehead atoms. The molecule has 0 amide bonds. The van der Waals surface area contributed by atoms with Crippen LogP contribution in [0.1, 0.15) is 17.3 Å². The Labute approximate surface area is 130 Å². The highest BCUT2D eigenvalue weighted by atomic mass is 16.5. The molecule has 0 atom stereocenters. The second-order valence-electron chi connectivity index (χ2n) is 4.73. The minimum Gasteiger partial charge on any atom is -0.356 e. The molecule has 2 N–H and O–H groups in total. The van der Waals surface area contributed by atoms with Crippen molar-refractivity contribution in [3.05, 3.63) is 60.3 Å². The summed E-state index contributed by atoms with van der Waals surface area (Å²) in [5.74, 6) is 2.01. The summed E-state index contributed by atoms with van der Waals surface area (Å²) in [4.78, 5) is 8.72. The predicted octanol–water partition coefficient (Wildman–Crippen LogP) is 1.84. The molecule has 0 spiro atoms. The lowest BCUT2D eigenvalue weighted by Gasteiger charge is -2.10. The number of nitrogens with zero attached hydrogens (tertiary/aromatic N) is 3. The first kappa shape index (κ1) is 15.8. The lowest BCUT2D eigenvalue weighted by molar-refractivity contribution is 0.374. The topological polar surface area (TPSA) is 75.3 Å². The Balaban J connectivity index is 1.86. The van der Waals surface area contributed by atoms with Gasteiger partial charge in [0.25, 0.3) is 0 Å². The Morgan fingerprint density at radius 3 is 2.82 bits per heavy atom. The number of benzene rings is 1. The highest BCUT2D eigenvalue weighted by Crippen LogP contribution is 2.00. The molecule has 0 unspecified atom stereocenters. The maximum Gasteiger partial charge on any atom is 0.228 e. The van der Waals surface area contributed by atoms with Crippen molar-refractivity contribution in [1.29, 1.82) is 0 Å². The van der Waals surface area contributed by atoms with Gasteiger partial charge in [-0.3, -0.25) is 0 Å². The largest absolute Gasteiger partial charge is 0.356 e. The summed E-state index contributed by atoms with van der Waals surface area (Å²) in [6.45, 7) is 7.44. The zero-order valence-electron chi connectivity index (χ0n) is 12.7. The number of nitrogens with one attached hydrogen (secondary N) is 2. The van der Waals surface area contributed by atoms with Gasteiger partial charge < -0.3 is 15.2 Å². The van der Waals surface area contributed by atoms with Crippen molar-refractivity contribution < 1.29 is 4.52 Å². The molecule has 2 rings (SSSR count). The second kappa shape index (κ2) is 8.61. The first-order chi connectivity index (χ1) is 10.8. The normalized spacial score (nSPS) is 11.2. The van der Waals surface area contributed by atoms with Gasteiger partial charge in [-0.2, -0.15) is 4.98 Å². The zero-order valence-corrected chi connectivity index (χ0v) is 12.7. The first-order valence-corrected chi connectivity index (χ1v) is 7.24. The van der Waals surface area contributed by atoms with E-state index in [1.807, 2.05) is 18.2 Å². The van der Waals surface area contributed by atoms with Crippen molar-refractivity contribution in [3.63, 3.8) is 0 Å². The van der Waals surface area contributed by atoms with Gasteiger partial charge in [0.2, 0.25) is 5.89 Å². The maximum absolute atomic E-state index is 5.08. The van der Waals surface area contributed by atoms with Crippen LogP contribution < -0.4 is 10.6 Å². The van der Waals surface area contributed by atoms with E-state index in [4.69, 9.17) is 4.52 Å². The number of hydrogen-bond donors (Lipinski definition) is 2. The summed E-state index contributed by atoms with van der Waals surface area (Å²) >= 11 is 0. The Bertz CT molecular complexity index is 606. The van der Waals surface area contributed by atoms with Crippen LogP contribution in [0, 0.1) is 6.92 Å². The standard InChI is InChI=1S/C16H21N5O/c1-3-10-17-16(19-12-14-7-5-4-6-8-14)18-11-9-15-20-13(2)21-22-15/h3-8H,1,9-12H2,2H3,(H2,17,18,19). The molecule has 1 aromatic carbocycles. The number of rotatable bonds is 7. The van der Waals surface area contributed by atoms with Crippen LogP contribution in [0.2, 0.25) is 0 Å². The third-order valence-electron chi connectivity index (χ3n) is 2.88. The fourth-order valence-electron chi connectivity index (χ4n) is 1.83. The molecule has 1 aromatic heterocycles. The monoisotopic (exact) mass is 299 g/mol. The van der Waals surface area contributed by atoms with Crippen molar-refractivity contribution in [3.8, 4) is 0 Å². The van der Waals surface area contributed by atoms with Crippen LogP contribution >= 0.6 is 0 Å². The average Bonchev–Trinajstić information content (AvgIpc) is 2.96. The van der Waals surface area contributed by atoms with Crippen LogP contribution in [0.4, 0.5) is 0 Å². The molecule has 2 aromatic rings. The second-order valence-corrected chi connectivity index (χ2v) is 4.73. The number of hydrogen-bond acceptors (Lipinski definition) is 4. The lowest BCUT2D eigenvalue weighted by atomic mass is 10.2. The molecule has 0 aliphatic rings. The van der Waals surface area contributed by atoms with Crippen LogP contribution in [-0.4, -0.2) is 29.2 Å². The summed E-state index contributed by atoms with van der Waals surface area (Å²) in [5.41, 5.74) is 1.16. The van der Waals surface area contributed by atoms with E-state index in [1.54, 1.807) is 13.0 Å². The molecular weight excluding hydrogens is 278 g/mol. The molecule has 116 valence electrons. The smallest absolute Gasteiger partial charge is 0.228 e. The Morgan fingerprint density at radius 1 is 1.32 bits per heavy atom. The molecule has 0 saturated heterocycles. The molecule has 0 aliphatic carbocycles. The summed E-state index contributed by atoms with van der Waals surface area (Å²) in [5, 5.41) is 10.2. The van der Waals surface area contributed by atoms with Crippen LogP contribution in [-0.2, 0) is 13.0 Å². The van der Waals surface area contributed by atoms with Crippen molar-refractivity contribution in [2.24, 2.45) is 4.99 Å². The van der Waals surface area contributed by atoms with Crippen LogP contribution in [0.5, 0.6) is 0 Å². The minimum absolute atomic E-state index is 0.618. The van der Waals surface area contributed by atoms with Gasteiger partial charge >= 0.3 is 0 Å². The summed E-state index contributed by atoms with van der Waals surface area (Å²) < 4.78 is 5.08. The van der Waals surface area contributed by atoms with E-state index in [0.717, 1.165) is 11.5 Å². The Kier molecular flexibility index (Phi) is 6.17. The Hall–Kier alpha value is -2.63. The number of aryl methyl sites for hydroxylation is 1. The summed E-state index contributed by atoms with van der Waals surface area (Å²) in [6, 6.07) is 10.1. The zero-order chi connectivity index (χ0) is 15.6. The van der Waals surface area contributed by atoms with E-state index in [1.165, 1.54) is 0 Å². The summed E-state index contributed by atoms with van der Waals surface area (Å²) in [6.07, 6.45) is 2.45. The van der Waals surface area contributed by atoms with Crippen molar-refractivity contribution in [2.45, 2.75) is 19.9 Å². The quantitative estimate of drug-likeness (QED) is 0.463. The molecule has 0 saturated carbocycles. The van der Waals surface area contributed by atoms with E-state index in [2.05, 4.69) is 44.5 Å². The van der Waals surface area contributed by atoms with Gasteiger partial charge in [0.05, 0.1) is 6.54 Å². The van der Waals surface area contributed by atoms with E-state index >= 15 is 0 Å². The third-order valence-corrected chi connectivity index (χ3v) is 2.88. The molecule has 6 heteroatoms. The molecule has 6 nitrogen and oxygen atoms in total. The molecule has 22 heavy (non-hydrogen) atoms. The molecular formula is C16H21N5O. The van der Waals surface area contributed by atoms with Crippen molar-refractivity contribution >= 4 is 5.96 Å². The van der Waals surface area contributed by atoms with Crippen molar-refractivity contribution in [2.75, 3.05) is 13.1 Å². The first-order valence-electron chi connectivity index (χ1n) is 7.24. The van der Waals surface area contributed by atoms with Gasteiger partial charge in [-0.25, -0.2) is 4.99 Å². The number of aromatic nitrogens is 2. The van der Waals surface area contributed by atoms with Gasteiger partial charge in [-0.05, 0) is 12.5 Å². The van der Waals surface area contributed by atoms with Crippen LogP contribution in [0.15, 0.2) is 52.5 Å². The number of guanidine groups is 1. The van der Waals surface area contributed by atoms with Gasteiger partial charge in [-0.1, -0.05) is 41.6 Å². The van der Waals surface area contributed by atoms with Gasteiger partial charge in [0.1, 0.15) is 0 Å². The fourth-order valence-corrected chi connectivity index (χ4v) is 1.83.